The van der Waals surface area contributed by atoms with E-state index in [1.165, 1.54) is 11.1 Å². The van der Waals surface area contributed by atoms with Crippen molar-refractivity contribution in [2.75, 3.05) is 13.6 Å². The Morgan fingerprint density at radius 2 is 1.56 bits per heavy atom. The molecule has 0 aliphatic carbocycles. The van der Waals surface area contributed by atoms with Gasteiger partial charge < -0.3 is 15.2 Å². The number of hydrogen-bond acceptors (Lipinski definition) is 3. The molecule has 27 heavy (non-hydrogen) atoms. The molecular formula is C21H26N6. The summed E-state index contributed by atoms with van der Waals surface area (Å²) in [7, 11) is 3.74. The van der Waals surface area contributed by atoms with Gasteiger partial charge in [-0.25, -0.2) is 0 Å². The van der Waals surface area contributed by atoms with Gasteiger partial charge in [-0.3, -0.25) is 4.99 Å². The molecule has 0 aliphatic rings. The van der Waals surface area contributed by atoms with Crippen LogP contribution in [0.4, 0.5) is 0 Å². The monoisotopic (exact) mass is 362 g/mol. The number of aliphatic imine (C=N–C) groups is 1. The van der Waals surface area contributed by atoms with Gasteiger partial charge in [-0.15, -0.1) is 10.2 Å². The molecule has 0 amide bonds. The minimum atomic E-state index is 0.239. The molecule has 0 fully saturated rings. The highest BCUT2D eigenvalue weighted by atomic mass is 15.3. The fourth-order valence-electron chi connectivity index (χ4n) is 2.99. The van der Waals surface area contributed by atoms with Crippen molar-refractivity contribution in [1.82, 2.24) is 25.4 Å². The minimum Gasteiger partial charge on any atom is -0.355 e. The molecule has 3 aromatic rings. The minimum absolute atomic E-state index is 0.239. The number of aromatic nitrogens is 3. The zero-order valence-electron chi connectivity index (χ0n) is 16.1. The van der Waals surface area contributed by atoms with Crippen LogP contribution in [0.3, 0.4) is 0 Å². The van der Waals surface area contributed by atoms with Gasteiger partial charge in [0.25, 0.3) is 0 Å². The first-order valence-corrected chi connectivity index (χ1v) is 9.08. The average molecular weight is 362 g/mol. The lowest BCUT2D eigenvalue weighted by Gasteiger charge is -2.20. The van der Waals surface area contributed by atoms with Gasteiger partial charge >= 0.3 is 0 Å². The van der Waals surface area contributed by atoms with Crippen LogP contribution in [0.2, 0.25) is 0 Å². The average Bonchev–Trinajstić information content (AvgIpc) is 3.04. The SMILES string of the molecule is CN=C(NCc1nnc(C)n1C)NCC(c1ccccc1)c1ccccc1. The Kier molecular flexibility index (Phi) is 6.20. The zero-order chi connectivity index (χ0) is 19.1. The van der Waals surface area contributed by atoms with E-state index in [9.17, 15) is 0 Å². The molecule has 1 aromatic heterocycles. The molecule has 0 unspecified atom stereocenters. The predicted octanol–water partition coefficient (Wildman–Crippen LogP) is 2.62. The van der Waals surface area contributed by atoms with E-state index in [0.717, 1.165) is 24.2 Å². The van der Waals surface area contributed by atoms with Crippen molar-refractivity contribution in [2.24, 2.45) is 12.0 Å². The van der Waals surface area contributed by atoms with E-state index in [1.807, 2.05) is 30.7 Å². The quantitative estimate of drug-likeness (QED) is 0.523. The molecule has 6 nitrogen and oxygen atoms in total. The van der Waals surface area contributed by atoms with Crippen molar-refractivity contribution in [3.8, 4) is 0 Å². The third-order valence-corrected chi connectivity index (χ3v) is 4.70. The Morgan fingerprint density at radius 3 is 2.04 bits per heavy atom. The summed E-state index contributed by atoms with van der Waals surface area (Å²) >= 11 is 0. The van der Waals surface area contributed by atoms with Crippen LogP contribution >= 0.6 is 0 Å². The van der Waals surface area contributed by atoms with Gasteiger partial charge in [0, 0.05) is 26.6 Å². The third kappa shape index (κ3) is 4.73. The fourth-order valence-corrected chi connectivity index (χ4v) is 2.99. The standard InChI is InChI=1S/C21H26N6/c1-16-25-26-20(27(16)3)15-24-21(22-2)23-14-19(17-10-6-4-7-11-17)18-12-8-5-9-13-18/h4-13,19H,14-15H2,1-3H3,(H2,22,23,24). The molecule has 0 radical (unpaired) electrons. The van der Waals surface area contributed by atoms with Crippen LogP contribution in [0, 0.1) is 6.92 Å². The lowest BCUT2D eigenvalue weighted by molar-refractivity contribution is 0.697. The predicted molar refractivity (Wildman–Crippen MR) is 109 cm³/mol. The molecule has 0 aliphatic heterocycles. The summed E-state index contributed by atoms with van der Waals surface area (Å²) in [6, 6.07) is 21.1. The molecule has 0 spiro atoms. The Balaban J connectivity index is 1.67. The maximum absolute atomic E-state index is 4.34. The summed E-state index contributed by atoms with van der Waals surface area (Å²) in [5.41, 5.74) is 2.55. The summed E-state index contributed by atoms with van der Waals surface area (Å²) in [5.74, 6) is 2.75. The van der Waals surface area contributed by atoms with Crippen molar-refractivity contribution < 1.29 is 0 Å². The molecular weight excluding hydrogens is 336 g/mol. The Morgan fingerprint density at radius 1 is 0.963 bits per heavy atom. The molecule has 2 N–H and O–H groups in total. The highest BCUT2D eigenvalue weighted by Crippen LogP contribution is 2.23. The van der Waals surface area contributed by atoms with Crippen molar-refractivity contribution in [1.29, 1.82) is 0 Å². The second-order valence-corrected chi connectivity index (χ2v) is 6.40. The van der Waals surface area contributed by atoms with Crippen LogP contribution in [-0.4, -0.2) is 34.3 Å². The van der Waals surface area contributed by atoms with Gasteiger partial charge in [0.15, 0.2) is 11.8 Å². The first-order valence-electron chi connectivity index (χ1n) is 9.08. The van der Waals surface area contributed by atoms with Gasteiger partial charge in [0.1, 0.15) is 5.82 Å². The number of benzene rings is 2. The topological polar surface area (TPSA) is 67.1 Å². The highest BCUT2D eigenvalue weighted by molar-refractivity contribution is 5.79. The van der Waals surface area contributed by atoms with Crippen LogP contribution in [-0.2, 0) is 13.6 Å². The molecule has 6 heteroatoms. The molecule has 140 valence electrons. The number of nitrogens with zero attached hydrogens (tertiary/aromatic N) is 4. The van der Waals surface area contributed by atoms with E-state index in [1.54, 1.807) is 7.05 Å². The molecule has 1 heterocycles. The van der Waals surface area contributed by atoms with Gasteiger partial charge in [-0.1, -0.05) is 60.7 Å². The maximum atomic E-state index is 4.34. The molecule has 0 saturated heterocycles. The normalized spacial score (nSPS) is 11.6. The molecule has 3 rings (SSSR count). The van der Waals surface area contributed by atoms with E-state index < -0.39 is 0 Å². The zero-order valence-corrected chi connectivity index (χ0v) is 16.1. The second kappa shape index (κ2) is 8.98. The van der Waals surface area contributed by atoms with E-state index >= 15 is 0 Å². The lowest BCUT2D eigenvalue weighted by Crippen LogP contribution is -2.39. The van der Waals surface area contributed by atoms with Crippen LogP contribution in [0.25, 0.3) is 0 Å². The summed E-state index contributed by atoms with van der Waals surface area (Å²) < 4.78 is 1.97. The summed E-state index contributed by atoms with van der Waals surface area (Å²) in [6.45, 7) is 3.25. The van der Waals surface area contributed by atoms with Gasteiger partial charge in [0.2, 0.25) is 0 Å². The van der Waals surface area contributed by atoms with Crippen molar-refractivity contribution in [3.63, 3.8) is 0 Å². The Labute approximate surface area is 160 Å². The largest absolute Gasteiger partial charge is 0.355 e. The first-order chi connectivity index (χ1) is 13.2. The smallest absolute Gasteiger partial charge is 0.191 e. The van der Waals surface area contributed by atoms with Gasteiger partial charge in [-0.05, 0) is 18.1 Å². The van der Waals surface area contributed by atoms with E-state index in [-0.39, 0.29) is 5.92 Å². The Bertz CT molecular complexity index is 831. The summed E-state index contributed by atoms with van der Waals surface area (Å²) in [6.07, 6.45) is 0. The molecule has 2 aromatic carbocycles. The van der Waals surface area contributed by atoms with Crippen LogP contribution in [0.15, 0.2) is 65.7 Å². The summed E-state index contributed by atoms with van der Waals surface area (Å²) in [5, 5.41) is 15.0. The van der Waals surface area contributed by atoms with Gasteiger partial charge in [-0.2, -0.15) is 0 Å². The second-order valence-electron chi connectivity index (χ2n) is 6.40. The molecule has 0 bridgehead atoms. The molecule has 0 saturated carbocycles. The van der Waals surface area contributed by atoms with E-state index in [4.69, 9.17) is 0 Å². The van der Waals surface area contributed by atoms with Crippen molar-refractivity contribution >= 4 is 5.96 Å². The van der Waals surface area contributed by atoms with Crippen molar-refractivity contribution in [3.05, 3.63) is 83.4 Å². The first kappa shape index (κ1) is 18.6. The fraction of sp³-hybridized carbons (Fsp3) is 0.286. The third-order valence-electron chi connectivity index (χ3n) is 4.70. The van der Waals surface area contributed by atoms with E-state index in [0.29, 0.717) is 6.54 Å². The maximum Gasteiger partial charge on any atom is 0.191 e. The lowest BCUT2D eigenvalue weighted by atomic mass is 9.91. The van der Waals surface area contributed by atoms with Crippen LogP contribution in [0.5, 0.6) is 0 Å². The van der Waals surface area contributed by atoms with Crippen LogP contribution in [0.1, 0.15) is 28.7 Å². The number of aryl methyl sites for hydroxylation is 1. The number of rotatable bonds is 6. The van der Waals surface area contributed by atoms with Gasteiger partial charge in [0.05, 0.1) is 6.54 Å². The number of nitrogens with one attached hydrogen (secondary N) is 2. The number of guanidine groups is 1. The van der Waals surface area contributed by atoms with E-state index in [2.05, 4.69) is 74.4 Å². The highest BCUT2D eigenvalue weighted by Gasteiger charge is 2.14. The van der Waals surface area contributed by atoms with Crippen molar-refractivity contribution in [2.45, 2.75) is 19.4 Å². The molecule has 0 atom stereocenters. The van der Waals surface area contributed by atoms with Crippen LogP contribution < -0.4 is 10.6 Å². The summed E-state index contributed by atoms with van der Waals surface area (Å²) in [4.78, 5) is 4.34. The Hall–Kier alpha value is -3.15. The number of hydrogen-bond donors (Lipinski definition) is 2.